The number of hydrogen-bond acceptors (Lipinski definition) is 4. The molecule has 0 aliphatic heterocycles. The Morgan fingerprint density at radius 1 is 1.26 bits per heavy atom. The highest BCUT2D eigenvalue weighted by Crippen LogP contribution is 2.12. The van der Waals surface area contributed by atoms with E-state index < -0.39 is 0 Å². The highest BCUT2D eigenvalue weighted by atomic mass is 16.5. The van der Waals surface area contributed by atoms with Gasteiger partial charge in [0.2, 0.25) is 5.91 Å². The summed E-state index contributed by atoms with van der Waals surface area (Å²) in [7, 11) is 3.99. The molecule has 1 atom stereocenters. The Hall–Kier alpha value is -2.02. The van der Waals surface area contributed by atoms with Gasteiger partial charge in [-0.3, -0.25) is 10.0 Å². The zero-order chi connectivity index (χ0) is 17.1. The van der Waals surface area contributed by atoms with Crippen LogP contribution in [0.4, 0.5) is 4.79 Å². The first-order valence-electron chi connectivity index (χ1n) is 8.06. The molecule has 1 rings (SSSR count). The van der Waals surface area contributed by atoms with Crippen molar-refractivity contribution in [2.45, 2.75) is 44.6 Å². The molecule has 7 heteroatoms. The summed E-state index contributed by atoms with van der Waals surface area (Å²) in [6.07, 6.45) is 10.7. The molecule has 0 aromatic rings. The number of hydrogen-bond donors (Lipinski definition) is 4. The second kappa shape index (κ2) is 10.7. The summed E-state index contributed by atoms with van der Waals surface area (Å²) in [5.41, 5.74) is 2.76. The fourth-order valence-corrected chi connectivity index (χ4v) is 2.29. The van der Waals surface area contributed by atoms with Gasteiger partial charge in [0.05, 0.1) is 6.04 Å². The zero-order valence-electron chi connectivity index (χ0n) is 14.0. The van der Waals surface area contributed by atoms with Crippen molar-refractivity contribution in [3.8, 4) is 0 Å². The van der Waals surface area contributed by atoms with Crippen LogP contribution in [0.15, 0.2) is 23.9 Å². The first kappa shape index (κ1) is 19.0. The van der Waals surface area contributed by atoms with E-state index in [2.05, 4.69) is 16.7 Å². The molecule has 23 heavy (non-hydrogen) atoms. The van der Waals surface area contributed by atoms with Crippen molar-refractivity contribution in [3.63, 3.8) is 0 Å². The minimum Gasteiger partial charge on any atom is -0.378 e. The maximum absolute atomic E-state index is 11.8. The number of amides is 3. The number of hydroxylamine groups is 1. The van der Waals surface area contributed by atoms with Crippen LogP contribution in [0.5, 0.6) is 0 Å². The van der Waals surface area contributed by atoms with Gasteiger partial charge in [0.1, 0.15) is 0 Å². The van der Waals surface area contributed by atoms with Crippen LogP contribution in [0.1, 0.15) is 38.5 Å². The van der Waals surface area contributed by atoms with Gasteiger partial charge in [-0.25, -0.2) is 10.3 Å². The molecule has 0 fully saturated rings. The highest BCUT2D eigenvalue weighted by Gasteiger charge is 2.11. The van der Waals surface area contributed by atoms with Crippen LogP contribution in [0.3, 0.4) is 0 Å². The molecule has 1 unspecified atom stereocenters. The maximum Gasteiger partial charge on any atom is 0.315 e. The van der Waals surface area contributed by atoms with Crippen molar-refractivity contribution in [3.05, 3.63) is 23.9 Å². The molecule has 0 radical (unpaired) electrons. The monoisotopic (exact) mass is 324 g/mol. The van der Waals surface area contributed by atoms with Gasteiger partial charge in [-0.2, -0.15) is 0 Å². The van der Waals surface area contributed by atoms with Crippen molar-refractivity contribution >= 4 is 11.9 Å². The lowest BCUT2D eigenvalue weighted by Gasteiger charge is -2.21. The largest absolute Gasteiger partial charge is 0.378 e. The molecule has 3 amide bonds. The van der Waals surface area contributed by atoms with Gasteiger partial charge >= 0.3 is 6.03 Å². The molecule has 0 bridgehead atoms. The summed E-state index contributed by atoms with van der Waals surface area (Å²) in [5.74, 6) is -0.352. The molecule has 1 aliphatic rings. The van der Waals surface area contributed by atoms with E-state index in [0.717, 1.165) is 37.8 Å². The van der Waals surface area contributed by atoms with Crippen molar-refractivity contribution in [1.82, 2.24) is 21.0 Å². The second-order valence-corrected chi connectivity index (χ2v) is 5.82. The van der Waals surface area contributed by atoms with E-state index in [-0.39, 0.29) is 18.0 Å². The van der Waals surface area contributed by atoms with E-state index in [0.29, 0.717) is 13.0 Å². The quantitative estimate of drug-likeness (QED) is 0.294. The average molecular weight is 324 g/mol. The number of allylic oxidation sites excluding steroid dienone is 1. The highest BCUT2D eigenvalue weighted by molar-refractivity contribution is 5.74. The summed E-state index contributed by atoms with van der Waals surface area (Å²) in [4.78, 5) is 24.6. The Morgan fingerprint density at radius 2 is 2.00 bits per heavy atom. The standard InChI is InChI=1S/C16H28N4O3/c1-20(2)14-10-8-13(9-11-14)18-16(22)17-12-6-4-3-5-7-15(21)19-23/h8,10-11,13,23H,3-7,9,12H2,1-2H3,(H,19,21)(H2,17,18,22). The van der Waals surface area contributed by atoms with Gasteiger partial charge in [0, 0.05) is 32.8 Å². The van der Waals surface area contributed by atoms with Gasteiger partial charge in [0.25, 0.3) is 0 Å². The van der Waals surface area contributed by atoms with E-state index in [1.165, 1.54) is 0 Å². The minimum absolute atomic E-state index is 0.0377. The van der Waals surface area contributed by atoms with E-state index in [1.54, 1.807) is 5.48 Å². The summed E-state index contributed by atoms with van der Waals surface area (Å²) < 4.78 is 0. The molecular formula is C16H28N4O3. The van der Waals surface area contributed by atoms with Crippen LogP contribution in [0.2, 0.25) is 0 Å². The number of rotatable bonds is 9. The van der Waals surface area contributed by atoms with Gasteiger partial charge in [-0.05, 0) is 25.3 Å². The van der Waals surface area contributed by atoms with Gasteiger partial charge < -0.3 is 15.5 Å². The third kappa shape index (κ3) is 8.25. The lowest BCUT2D eigenvalue weighted by Crippen LogP contribution is -2.42. The van der Waals surface area contributed by atoms with Crippen LogP contribution in [-0.2, 0) is 4.79 Å². The third-order valence-corrected chi connectivity index (χ3v) is 3.65. The Bertz CT molecular complexity index is 447. The third-order valence-electron chi connectivity index (χ3n) is 3.65. The van der Waals surface area contributed by atoms with Crippen LogP contribution in [-0.4, -0.2) is 48.7 Å². The molecule has 0 aromatic carbocycles. The number of carbonyl (C=O) groups excluding carboxylic acids is 2. The molecular weight excluding hydrogens is 296 g/mol. The predicted molar refractivity (Wildman–Crippen MR) is 88.9 cm³/mol. The van der Waals surface area contributed by atoms with Crippen molar-refractivity contribution in [1.29, 1.82) is 0 Å². The molecule has 0 saturated carbocycles. The summed E-state index contributed by atoms with van der Waals surface area (Å²) in [5, 5.41) is 14.1. The summed E-state index contributed by atoms with van der Waals surface area (Å²) >= 11 is 0. The predicted octanol–water partition coefficient (Wildman–Crippen LogP) is 1.52. The summed E-state index contributed by atoms with van der Waals surface area (Å²) in [6, 6.07) is -0.114. The minimum atomic E-state index is -0.352. The second-order valence-electron chi connectivity index (χ2n) is 5.82. The molecule has 1 aliphatic carbocycles. The molecule has 4 N–H and O–H groups in total. The first-order valence-corrected chi connectivity index (χ1v) is 8.06. The van der Waals surface area contributed by atoms with Crippen molar-refractivity contribution < 1.29 is 14.8 Å². The van der Waals surface area contributed by atoms with Crippen LogP contribution in [0, 0.1) is 0 Å². The Labute approximate surface area is 137 Å². The Morgan fingerprint density at radius 3 is 2.61 bits per heavy atom. The Balaban J connectivity index is 2.03. The first-order chi connectivity index (χ1) is 11.0. The molecule has 0 aromatic heterocycles. The van der Waals surface area contributed by atoms with E-state index >= 15 is 0 Å². The summed E-state index contributed by atoms with van der Waals surface area (Å²) in [6.45, 7) is 0.618. The topological polar surface area (TPSA) is 93.7 Å². The van der Waals surface area contributed by atoms with Crippen molar-refractivity contribution in [2.24, 2.45) is 0 Å². The van der Waals surface area contributed by atoms with Crippen LogP contribution >= 0.6 is 0 Å². The SMILES string of the molecule is CN(C)C1=CCC(NC(=O)NCCCCCCC(=O)NO)C=C1. The Kier molecular flexibility index (Phi) is 8.82. The smallest absolute Gasteiger partial charge is 0.315 e. The van der Waals surface area contributed by atoms with Gasteiger partial charge in [0.15, 0.2) is 0 Å². The van der Waals surface area contributed by atoms with Gasteiger partial charge in [-0.1, -0.05) is 25.0 Å². The molecule has 7 nitrogen and oxygen atoms in total. The molecule has 130 valence electrons. The van der Waals surface area contributed by atoms with Gasteiger partial charge in [-0.15, -0.1) is 0 Å². The average Bonchev–Trinajstić information content (AvgIpc) is 2.54. The van der Waals surface area contributed by atoms with Crippen LogP contribution < -0.4 is 16.1 Å². The van der Waals surface area contributed by atoms with E-state index in [1.807, 2.05) is 31.1 Å². The number of nitrogens with zero attached hydrogens (tertiary/aromatic N) is 1. The fourth-order valence-electron chi connectivity index (χ4n) is 2.29. The molecule has 0 heterocycles. The zero-order valence-corrected chi connectivity index (χ0v) is 14.0. The number of nitrogens with one attached hydrogen (secondary N) is 3. The van der Waals surface area contributed by atoms with E-state index in [9.17, 15) is 9.59 Å². The lowest BCUT2D eigenvalue weighted by molar-refractivity contribution is -0.129. The maximum atomic E-state index is 11.8. The number of unbranched alkanes of at least 4 members (excludes halogenated alkanes) is 3. The normalized spacial score (nSPS) is 16.5. The number of likely N-dealkylation sites (N-methyl/N-ethyl adjacent to an activating group) is 1. The van der Waals surface area contributed by atoms with Crippen LogP contribution in [0.25, 0.3) is 0 Å². The number of carbonyl (C=O) groups is 2. The fraction of sp³-hybridized carbons (Fsp3) is 0.625. The van der Waals surface area contributed by atoms with Crippen molar-refractivity contribution in [2.75, 3.05) is 20.6 Å². The molecule has 0 spiro atoms. The molecule has 0 saturated heterocycles. The lowest BCUT2D eigenvalue weighted by atomic mass is 10.1. The number of urea groups is 1. The van der Waals surface area contributed by atoms with E-state index in [4.69, 9.17) is 5.21 Å².